The van der Waals surface area contributed by atoms with Gasteiger partial charge in [0.2, 0.25) is 5.91 Å². The normalized spacial score (nSPS) is 15.3. The van der Waals surface area contributed by atoms with Gasteiger partial charge in [-0.25, -0.2) is 15.4 Å². The molecule has 0 saturated carbocycles. The Kier molecular flexibility index (Phi) is 7.29. The zero-order valence-electron chi connectivity index (χ0n) is 19.3. The number of fused-ring (bicyclic) bond motifs is 1. The number of benzene rings is 2. The van der Waals surface area contributed by atoms with Crippen molar-refractivity contribution in [3.8, 4) is 11.6 Å². The molecule has 2 N–H and O–H groups in total. The van der Waals surface area contributed by atoms with Gasteiger partial charge in [-0.2, -0.15) is 4.98 Å². The highest BCUT2D eigenvalue weighted by molar-refractivity contribution is 7.80. The zero-order chi connectivity index (χ0) is 24.7. The van der Waals surface area contributed by atoms with Crippen LogP contribution in [0.4, 0.5) is 5.69 Å². The molecular formula is C25H24N6O4S. The van der Waals surface area contributed by atoms with Crippen molar-refractivity contribution >= 4 is 40.2 Å². The molecule has 1 atom stereocenters. The van der Waals surface area contributed by atoms with E-state index < -0.39 is 0 Å². The number of ether oxygens (including phenoxy) is 2. The first-order valence-electron chi connectivity index (χ1n) is 11.5. The molecule has 0 spiro atoms. The number of nitrogens with zero attached hydrogens (tertiary/aromatic N) is 4. The maximum Gasteiger partial charge on any atom is 0.292 e. The molecule has 1 saturated heterocycles. The minimum absolute atomic E-state index is 0.0721. The fourth-order valence-corrected chi connectivity index (χ4v) is 3.99. The molecule has 1 fully saturated rings. The molecule has 0 radical (unpaired) electrons. The third-order valence-electron chi connectivity index (χ3n) is 5.57. The van der Waals surface area contributed by atoms with E-state index in [1.807, 2.05) is 34.9 Å². The number of hydrogen-bond donors (Lipinski definition) is 2. The van der Waals surface area contributed by atoms with E-state index in [2.05, 4.69) is 25.7 Å². The van der Waals surface area contributed by atoms with E-state index in [1.165, 1.54) is 6.33 Å². The second-order valence-electron chi connectivity index (χ2n) is 8.15. The lowest BCUT2D eigenvalue weighted by atomic mass is 10.1. The Hall–Kier alpha value is -4.09. The Morgan fingerprint density at radius 3 is 2.69 bits per heavy atom. The van der Waals surface area contributed by atoms with Crippen molar-refractivity contribution in [1.29, 1.82) is 0 Å². The predicted molar refractivity (Wildman–Crippen MR) is 136 cm³/mol. The monoisotopic (exact) mass is 504 g/mol. The summed E-state index contributed by atoms with van der Waals surface area (Å²) in [6.07, 6.45) is 6.39. The molecular weight excluding hydrogens is 480 g/mol. The molecule has 2 aromatic carbocycles. The van der Waals surface area contributed by atoms with E-state index in [9.17, 15) is 4.79 Å². The first-order chi connectivity index (χ1) is 17.7. The number of imidazole rings is 1. The summed E-state index contributed by atoms with van der Waals surface area (Å²) in [6.45, 7) is 0.730. The summed E-state index contributed by atoms with van der Waals surface area (Å²) in [4.78, 5) is 30.5. The topological polar surface area (TPSA) is 112 Å². The Morgan fingerprint density at radius 2 is 1.92 bits per heavy atom. The van der Waals surface area contributed by atoms with E-state index in [0.29, 0.717) is 28.5 Å². The van der Waals surface area contributed by atoms with Crippen LogP contribution in [0.15, 0.2) is 67.3 Å². The van der Waals surface area contributed by atoms with Gasteiger partial charge in [-0.3, -0.25) is 14.7 Å². The van der Waals surface area contributed by atoms with Crippen LogP contribution in [0.2, 0.25) is 0 Å². The van der Waals surface area contributed by atoms with Gasteiger partial charge in [-0.15, -0.1) is 0 Å². The Morgan fingerprint density at radius 1 is 1.08 bits per heavy atom. The maximum atomic E-state index is 12.1. The zero-order valence-corrected chi connectivity index (χ0v) is 20.1. The molecule has 0 aliphatic carbocycles. The highest BCUT2D eigenvalue weighted by atomic mass is 32.1. The van der Waals surface area contributed by atoms with Crippen LogP contribution >= 0.6 is 12.2 Å². The number of carbonyl (C=O) groups excluding carboxylic acids is 1. The van der Waals surface area contributed by atoms with Crippen LogP contribution in [-0.2, 0) is 20.8 Å². The van der Waals surface area contributed by atoms with Crippen molar-refractivity contribution in [2.75, 3.05) is 12.1 Å². The van der Waals surface area contributed by atoms with Gasteiger partial charge >= 0.3 is 0 Å². The summed E-state index contributed by atoms with van der Waals surface area (Å²) in [6, 6.07) is 16.4. The lowest BCUT2D eigenvalue weighted by Crippen LogP contribution is -2.33. The van der Waals surface area contributed by atoms with Crippen LogP contribution in [0, 0.1) is 0 Å². The van der Waals surface area contributed by atoms with Crippen LogP contribution in [-0.4, -0.2) is 37.2 Å². The number of amides is 1. The number of rotatable bonds is 7. The van der Waals surface area contributed by atoms with Crippen LogP contribution in [0.25, 0.3) is 11.2 Å². The number of nitrogens with one attached hydrogen (secondary N) is 2. The molecule has 1 unspecified atom stereocenters. The van der Waals surface area contributed by atoms with Gasteiger partial charge in [0.25, 0.3) is 11.1 Å². The van der Waals surface area contributed by atoms with E-state index in [-0.39, 0.29) is 23.7 Å². The van der Waals surface area contributed by atoms with Crippen LogP contribution in [0.5, 0.6) is 11.6 Å². The van der Waals surface area contributed by atoms with Crippen LogP contribution in [0.3, 0.4) is 0 Å². The minimum atomic E-state index is -0.259. The minimum Gasteiger partial charge on any atom is -0.437 e. The molecule has 11 heteroatoms. The molecule has 36 heavy (non-hydrogen) atoms. The number of hydrogen-bond acceptors (Lipinski definition) is 9. The van der Waals surface area contributed by atoms with Gasteiger partial charge in [-0.05, 0) is 61.3 Å². The third-order valence-corrected chi connectivity index (χ3v) is 5.76. The van der Waals surface area contributed by atoms with Crippen molar-refractivity contribution < 1.29 is 19.1 Å². The molecule has 10 nitrogen and oxygen atoms in total. The quantitative estimate of drug-likeness (QED) is 0.281. The molecule has 0 bridgehead atoms. The van der Waals surface area contributed by atoms with E-state index in [4.69, 9.17) is 26.5 Å². The molecule has 5 rings (SSSR count). The molecule has 1 aliphatic rings. The number of aromatic nitrogens is 4. The SMILES string of the molecule is O=C(Cc1ccccc1)NC(=S)ONc1ccc(Oc2ncnc3c2ncn3C2CCCCO2)cc1. The molecule has 3 heterocycles. The van der Waals surface area contributed by atoms with Crippen LogP contribution in [0.1, 0.15) is 31.1 Å². The van der Waals surface area contributed by atoms with Crippen molar-refractivity contribution in [2.24, 2.45) is 0 Å². The first kappa shape index (κ1) is 23.6. The average Bonchev–Trinajstić information content (AvgIpc) is 3.35. The lowest BCUT2D eigenvalue weighted by Gasteiger charge is -2.23. The number of carbonyl (C=O) groups is 1. The standard InChI is InChI=1S/C25H24N6O4S/c32-20(14-17-6-2-1-3-7-17)29-25(36)35-30-18-9-11-19(12-10-18)34-24-22-23(26-15-27-24)31(16-28-22)21-8-4-5-13-33-21/h1-3,6-7,9-12,15-16,21,30H,4-5,8,13-14H2,(H,29,32,36). The summed E-state index contributed by atoms with van der Waals surface area (Å²) in [5, 5.41) is 2.46. The van der Waals surface area contributed by atoms with Gasteiger partial charge < -0.3 is 14.3 Å². The second kappa shape index (κ2) is 11.1. The van der Waals surface area contributed by atoms with Gasteiger partial charge in [-0.1, -0.05) is 30.3 Å². The molecule has 184 valence electrons. The Bertz CT molecular complexity index is 1340. The predicted octanol–water partition coefficient (Wildman–Crippen LogP) is 4.31. The van der Waals surface area contributed by atoms with E-state index >= 15 is 0 Å². The lowest BCUT2D eigenvalue weighted by molar-refractivity contribution is -0.119. The van der Waals surface area contributed by atoms with Gasteiger partial charge in [0.1, 0.15) is 18.3 Å². The van der Waals surface area contributed by atoms with E-state index in [0.717, 1.165) is 31.4 Å². The first-order valence-corrected chi connectivity index (χ1v) is 11.9. The highest BCUT2D eigenvalue weighted by Gasteiger charge is 2.20. The summed E-state index contributed by atoms with van der Waals surface area (Å²) in [5.41, 5.74) is 5.44. The molecule has 2 aromatic heterocycles. The van der Waals surface area contributed by atoms with Crippen molar-refractivity contribution in [2.45, 2.75) is 31.9 Å². The smallest absolute Gasteiger partial charge is 0.292 e. The summed E-state index contributed by atoms with van der Waals surface area (Å²) in [7, 11) is 0. The highest BCUT2D eigenvalue weighted by Crippen LogP contribution is 2.30. The van der Waals surface area contributed by atoms with Crippen molar-refractivity contribution in [3.05, 3.63) is 72.8 Å². The summed E-state index contributed by atoms with van der Waals surface area (Å²) >= 11 is 5.08. The molecule has 1 aliphatic heterocycles. The van der Waals surface area contributed by atoms with Crippen molar-refractivity contribution in [3.63, 3.8) is 0 Å². The average molecular weight is 505 g/mol. The van der Waals surface area contributed by atoms with Crippen molar-refractivity contribution in [1.82, 2.24) is 24.8 Å². The Labute approximate surface area is 212 Å². The van der Waals surface area contributed by atoms with E-state index in [1.54, 1.807) is 30.6 Å². The second-order valence-corrected chi connectivity index (χ2v) is 8.52. The van der Waals surface area contributed by atoms with Gasteiger partial charge in [0.15, 0.2) is 11.2 Å². The largest absolute Gasteiger partial charge is 0.437 e. The summed E-state index contributed by atoms with van der Waals surface area (Å²) < 4.78 is 13.7. The fraction of sp³-hybridized carbons (Fsp3) is 0.240. The van der Waals surface area contributed by atoms with Gasteiger partial charge in [0, 0.05) is 6.61 Å². The third kappa shape index (κ3) is 5.75. The van der Waals surface area contributed by atoms with Gasteiger partial charge in [0.05, 0.1) is 18.4 Å². The maximum absolute atomic E-state index is 12.1. The molecule has 1 amide bonds. The summed E-state index contributed by atoms with van der Waals surface area (Å²) in [5.74, 6) is 0.655. The fourth-order valence-electron chi connectivity index (χ4n) is 3.83. The molecule has 4 aromatic rings. The Balaban J connectivity index is 1.16. The van der Waals surface area contributed by atoms with Crippen LogP contribution < -0.4 is 15.5 Å². The number of thiocarbonyl (C=S) groups is 1. The number of anilines is 1.